The van der Waals surface area contributed by atoms with Crippen molar-refractivity contribution in [2.45, 2.75) is 50.3 Å². The fourth-order valence-corrected chi connectivity index (χ4v) is 3.50. The zero-order chi connectivity index (χ0) is 12.5. The smallest absolute Gasteiger partial charge is 0.119 e. The van der Waals surface area contributed by atoms with Crippen molar-refractivity contribution in [2.24, 2.45) is 5.92 Å². The summed E-state index contributed by atoms with van der Waals surface area (Å²) < 4.78 is 11.8. The van der Waals surface area contributed by atoms with E-state index < -0.39 is 0 Å². The van der Waals surface area contributed by atoms with Crippen LogP contribution in [0.25, 0.3) is 0 Å². The summed E-state index contributed by atoms with van der Waals surface area (Å²) in [5.41, 5.74) is -0.0127. The third-order valence-electron chi connectivity index (χ3n) is 4.99. The molecular formula is C14H26N2O2. The Bertz CT molecular complexity index is 270. The molecule has 1 unspecified atom stereocenters. The molecule has 2 heterocycles. The minimum atomic E-state index is -0.0317. The molecule has 2 spiro atoms. The van der Waals surface area contributed by atoms with E-state index in [4.69, 9.17) is 9.47 Å². The Morgan fingerprint density at radius 2 is 2.00 bits per heavy atom. The van der Waals surface area contributed by atoms with Crippen LogP contribution in [-0.4, -0.2) is 44.2 Å². The first-order valence-electron chi connectivity index (χ1n) is 7.48. The average molecular weight is 254 g/mol. The van der Waals surface area contributed by atoms with Crippen molar-refractivity contribution < 1.29 is 9.47 Å². The van der Waals surface area contributed by atoms with Crippen LogP contribution in [0.15, 0.2) is 0 Å². The van der Waals surface area contributed by atoms with Gasteiger partial charge >= 0.3 is 0 Å². The lowest BCUT2D eigenvalue weighted by atomic mass is 9.80. The van der Waals surface area contributed by atoms with Crippen LogP contribution in [0.5, 0.6) is 0 Å². The van der Waals surface area contributed by atoms with Crippen LogP contribution in [0.3, 0.4) is 0 Å². The summed E-state index contributed by atoms with van der Waals surface area (Å²) in [5.74, 6) is 0.910. The van der Waals surface area contributed by atoms with Crippen LogP contribution in [0.1, 0.15) is 39.0 Å². The van der Waals surface area contributed by atoms with E-state index in [9.17, 15) is 0 Å². The summed E-state index contributed by atoms with van der Waals surface area (Å²) in [7, 11) is 0. The minimum Gasteiger partial charge on any atom is -0.378 e. The van der Waals surface area contributed by atoms with Crippen LogP contribution in [0, 0.1) is 5.92 Å². The molecular weight excluding hydrogens is 228 g/mol. The molecule has 3 rings (SSSR count). The second kappa shape index (κ2) is 5.08. The van der Waals surface area contributed by atoms with Crippen LogP contribution in [-0.2, 0) is 9.47 Å². The number of hydrogen-bond donors (Lipinski definition) is 2. The van der Waals surface area contributed by atoms with Gasteiger partial charge in [-0.2, -0.15) is 0 Å². The third kappa shape index (κ3) is 2.44. The molecule has 0 amide bonds. The predicted octanol–water partition coefficient (Wildman–Crippen LogP) is 1.26. The second-order valence-corrected chi connectivity index (χ2v) is 6.25. The number of morpholine rings is 1. The number of hydrogen-bond acceptors (Lipinski definition) is 4. The fraction of sp³-hybridized carbons (Fsp3) is 1.00. The number of ether oxygens (including phenoxy) is 2. The molecule has 104 valence electrons. The molecule has 2 N–H and O–H groups in total. The number of nitrogens with one attached hydrogen (secondary N) is 2. The Morgan fingerprint density at radius 1 is 1.17 bits per heavy atom. The molecule has 0 aromatic carbocycles. The van der Waals surface area contributed by atoms with Gasteiger partial charge in [0.15, 0.2) is 0 Å². The van der Waals surface area contributed by atoms with E-state index in [1.54, 1.807) is 0 Å². The molecule has 1 atom stereocenters. The molecule has 0 radical (unpaired) electrons. The van der Waals surface area contributed by atoms with E-state index in [1.165, 1.54) is 32.1 Å². The molecule has 2 aliphatic heterocycles. The Hall–Kier alpha value is -0.160. The SMILES string of the molecule is CCC1CCC2(CC1)NCC1(COCCN1)CO2. The standard InChI is InChI=1S/C14H26N2O2/c1-2-12-3-5-14(6-4-12)16-9-13(11-18-14)10-17-8-7-15-13/h12,15-16H,2-11H2,1H3. The highest BCUT2D eigenvalue weighted by Gasteiger charge is 2.45. The molecule has 1 aliphatic carbocycles. The van der Waals surface area contributed by atoms with Gasteiger partial charge in [0.25, 0.3) is 0 Å². The van der Waals surface area contributed by atoms with Crippen molar-refractivity contribution in [3.8, 4) is 0 Å². The van der Waals surface area contributed by atoms with Crippen molar-refractivity contribution in [3.05, 3.63) is 0 Å². The summed E-state index contributed by atoms with van der Waals surface area (Å²) in [4.78, 5) is 0. The second-order valence-electron chi connectivity index (χ2n) is 6.25. The van der Waals surface area contributed by atoms with Crippen molar-refractivity contribution >= 4 is 0 Å². The molecule has 2 saturated heterocycles. The molecule has 0 aromatic rings. The van der Waals surface area contributed by atoms with Crippen LogP contribution < -0.4 is 10.6 Å². The van der Waals surface area contributed by atoms with Crippen LogP contribution >= 0.6 is 0 Å². The van der Waals surface area contributed by atoms with Gasteiger partial charge in [-0.25, -0.2) is 0 Å². The zero-order valence-electron chi connectivity index (χ0n) is 11.5. The van der Waals surface area contributed by atoms with Crippen molar-refractivity contribution in [2.75, 3.05) is 32.9 Å². The first-order chi connectivity index (χ1) is 8.76. The largest absolute Gasteiger partial charge is 0.378 e. The van der Waals surface area contributed by atoms with E-state index in [-0.39, 0.29) is 11.3 Å². The summed E-state index contributed by atoms with van der Waals surface area (Å²) >= 11 is 0. The summed E-state index contributed by atoms with van der Waals surface area (Å²) in [6.07, 6.45) is 6.27. The van der Waals surface area contributed by atoms with Gasteiger partial charge in [0.05, 0.1) is 25.4 Å². The highest BCUT2D eigenvalue weighted by Crippen LogP contribution is 2.37. The molecule has 18 heavy (non-hydrogen) atoms. The molecule has 3 aliphatic rings. The predicted molar refractivity (Wildman–Crippen MR) is 70.5 cm³/mol. The quantitative estimate of drug-likeness (QED) is 0.739. The Kier molecular flexibility index (Phi) is 3.63. The maximum absolute atomic E-state index is 6.24. The van der Waals surface area contributed by atoms with Crippen LogP contribution in [0.4, 0.5) is 0 Å². The Morgan fingerprint density at radius 3 is 2.56 bits per heavy atom. The number of rotatable bonds is 1. The van der Waals surface area contributed by atoms with Gasteiger partial charge in [0.1, 0.15) is 5.72 Å². The van der Waals surface area contributed by atoms with Gasteiger partial charge in [0.2, 0.25) is 0 Å². The molecule has 3 fully saturated rings. The van der Waals surface area contributed by atoms with Gasteiger partial charge in [-0.3, -0.25) is 5.32 Å². The minimum absolute atomic E-state index is 0.0190. The van der Waals surface area contributed by atoms with Gasteiger partial charge in [0, 0.05) is 13.1 Å². The van der Waals surface area contributed by atoms with Crippen molar-refractivity contribution in [1.29, 1.82) is 0 Å². The van der Waals surface area contributed by atoms with Crippen molar-refractivity contribution in [3.63, 3.8) is 0 Å². The van der Waals surface area contributed by atoms with Gasteiger partial charge < -0.3 is 14.8 Å². The van der Waals surface area contributed by atoms with Gasteiger partial charge in [-0.15, -0.1) is 0 Å². The maximum Gasteiger partial charge on any atom is 0.119 e. The molecule has 4 nitrogen and oxygen atoms in total. The van der Waals surface area contributed by atoms with Crippen molar-refractivity contribution in [1.82, 2.24) is 10.6 Å². The molecule has 1 saturated carbocycles. The zero-order valence-corrected chi connectivity index (χ0v) is 11.5. The normalized spacial score (nSPS) is 45.5. The van der Waals surface area contributed by atoms with E-state index in [1.807, 2.05) is 0 Å². The summed E-state index contributed by atoms with van der Waals surface area (Å²) in [6, 6.07) is 0. The highest BCUT2D eigenvalue weighted by atomic mass is 16.5. The summed E-state index contributed by atoms with van der Waals surface area (Å²) in [5, 5.41) is 7.24. The van der Waals surface area contributed by atoms with E-state index in [0.717, 1.165) is 38.8 Å². The molecule has 0 bridgehead atoms. The van der Waals surface area contributed by atoms with E-state index in [0.29, 0.717) is 0 Å². The lowest BCUT2D eigenvalue weighted by Gasteiger charge is -2.51. The topological polar surface area (TPSA) is 42.5 Å². The van der Waals surface area contributed by atoms with E-state index >= 15 is 0 Å². The first kappa shape index (κ1) is 12.9. The molecule has 0 aromatic heterocycles. The Balaban J connectivity index is 1.56. The van der Waals surface area contributed by atoms with Gasteiger partial charge in [-0.05, 0) is 31.6 Å². The lowest BCUT2D eigenvalue weighted by Crippen LogP contribution is -2.71. The van der Waals surface area contributed by atoms with E-state index in [2.05, 4.69) is 17.6 Å². The maximum atomic E-state index is 6.24. The summed E-state index contributed by atoms with van der Waals surface area (Å²) in [6.45, 7) is 6.60. The lowest BCUT2D eigenvalue weighted by molar-refractivity contribution is -0.168. The average Bonchev–Trinajstić information content (AvgIpc) is 2.45. The first-order valence-corrected chi connectivity index (χ1v) is 7.48. The Labute approximate surface area is 110 Å². The third-order valence-corrected chi connectivity index (χ3v) is 4.99. The van der Waals surface area contributed by atoms with Gasteiger partial charge in [-0.1, -0.05) is 13.3 Å². The molecule has 4 heteroatoms. The monoisotopic (exact) mass is 254 g/mol. The fourth-order valence-electron chi connectivity index (χ4n) is 3.50. The van der Waals surface area contributed by atoms with Crippen LogP contribution in [0.2, 0.25) is 0 Å². The highest BCUT2D eigenvalue weighted by molar-refractivity contribution is 5.00.